The lowest BCUT2D eigenvalue weighted by Crippen LogP contribution is -2.21. The van der Waals surface area contributed by atoms with Crippen molar-refractivity contribution in [1.82, 2.24) is 4.57 Å². The molecule has 0 radical (unpaired) electrons. The predicted molar refractivity (Wildman–Crippen MR) is 84.8 cm³/mol. The lowest BCUT2D eigenvalue weighted by molar-refractivity contribution is 0.102. The van der Waals surface area contributed by atoms with Crippen LogP contribution >= 0.6 is 11.6 Å². The first-order valence-corrected chi connectivity index (χ1v) is 6.96. The number of aryl methyl sites for hydroxylation is 1. The Hall–Kier alpha value is -2.27. The largest absolute Gasteiger partial charge is 0.397 e. The molecule has 1 heterocycles. The zero-order valence-corrected chi connectivity index (χ0v) is 12.4. The highest BCUT2D eigenvalue weighted by molar-refractivity contribution is 6.34. The van der Waals surface area contributed by atoms with Gasteiger partial charge in [0.2, 0.25) is 0 Å². The highest BCUT2D eigenvalue weighted by Crippen LogP contribution is 2.23. The molecular weight excluding hydrogens is 290 g/mol. The third-order valence-electron chi connectivity index (χ3n) is 3.00. The number of hydrogen-bond donors (Lipinski definition) is 2. The molecule has 2 rings (SSSR count). The van der Waals surface area contributed by atoms with Crippen molar-refractivity contribution in [3.63, 3.8) is 0 Å². The van der Waals surface area contributed by atoms with Gasteiger partial charge in [-0.1, -0.05) is 24.6 Å². The number of nitrogens with two attached hydrogens (primary N) is 1. The number of nitrogens with zero attached hydrogens (tertiary/aromatic N) is 1. The zero-order chi connectivity index (χ0) is 15.4. The first kappa shape index (κ1) is 15.1. The van der Waals surface area contributed by atoms with Gasteiger partial charge in [0.25, 0.3) is 11.5 Å². The minimum atomic E-state index is -0.364. The maximum absolute atomic E-state index is 12.2. The average Bonchev–Trinajstić information content (AvgIpc) is 2.45. The van der Waals surface area contributed by atoms with E-state index >= 15 is 0 Å². The van der Waals surface area contributed by atoms with Crippen LogP contribution in [0.4, 0.5) is 11.4 Å². The maximum Gasteiger partial charge on any atom is 0.257 e. The summed E-state index contributed by atoms with van der Waals surface area (Å²) < 4.78 is 1.55. The summed E-state index contributed by atoms with van der Waals surface area (Å²) >= 11 is 5.90. The third kappa shape index (κ3) is 3.44. The second-order valence-corrected chi connectivity index (χ2v) is 5.01. The van der Waals surface area contributed by atoms with Gasteiger partial charge in [-0.2, -0.15) is 0 Å². The van der Waals surface area contributed by atoms with Crippen molar-refractivity contribution in [2.45, 2.75) is 19.9 Å². The molecule has 3 N–H and O–H groups in total. The molecule has 1 amide bonds. The highest BCUT2D eigenvalue weighted by Gasteiger charge is 2.12. The van der Waals surface area contributed by atoms with E-state index in [2.05, 4.69) is 5.32 Å². The van der Waals surface area contributed by atoms with Crippen LogP contribution in [-0.4, -0.2) is 10.5 Å². The lowest BCUT2D eigenvalue weighted by atomic mass is 10.1. The van der Waals surface area contributed by atoms with E-state index < -0.39 is 0 Å². The van der Waals surface area contributed by atoms with Gasteiger partial charge in [0.05, 0.1) is 22.0 Å². The molecule has 0 aliphatic heterocycles. The molecule has 0 aliphatic carbocycles. The summed E-state index contributed by atoms with van der Waals surface area (Å²) in [5.41, 5.74) is 6.76. The fourth-order valence-electron chi connectivity index (χ4n) is 1.95. The van der Waals surface area contributed by atoms with Crippen LogP contribution in [0.25, 0.3) is 0 Å². The van der Waals surface area contributed by atoms with Crippen molar-refractivity contribution in [2.24, 2.45) is 0 Å². The summed E-state index contributed by atoms with van der Waals surface area (Å²) in [5.74, 6) is -0.364. The number of amides is 1. The molecule has 6 heteroatoms. The number of carbonyl (C=O) groups is 1. The Kier molecular flexibility index (Phi) is 4.65. The van der Waals surface area contributed by atoms with E-state index in [1.165, 1.54) is 6.07 Å². The molecule has 0 aliphatic rings. The van der Waals surface area contributed by atoms with E-state index in [1.807, 2.05) is 6.92 Å². The van der Waals surface area contributed by atoms with Gasteiger partial charge < -0.3 is 15.6 Å². The van der Waals surface area contributed by atoms with E-state index in [0.29, 0.717) is 22.8 Å². The van der Waals surface area contributed by atoms with Gasteiger partial charge in [-0.3, -0.25) is 9.59 Å². The van der Waals surface area contributed by atoms with E-state index in [9.17, 15) is 9.59 Å². The van der Waals surface area contributed by atoms with Crippen LogP contribution in [0.5, 0.6) is 0 Å². The van der Waals surface area contributed by atoms with Gasteiger partial charge >= 0.3 is 0 Å². The molecule has 21 heavy (non-hydrogen) atoms. The number of carbonyl (C=O) groups excluding carboxylic acids is 1. The molecule has 110 valence electrons. The molecule has 0 bridgehead atoms. The zero-order valence-electron chi connectivity index (χ0n) is 11.6. The Morgan fingerprint density at radius 3 is 2.81 bits per heavy atom. The van der Waals surface area contributed by atoms with Crippen LogP contribution in [0.15, 0.2) is 41.3 Å². The SMILES string of the molecule is CCCn1cc(NC(=O)c2cccc(Cl)c2N)ccc1=O. The van der Waals surface area contributed by atoms with Crippen LogP contribution in [0.2, 0.25) is 5.02 Å². The van der Waals surface area contributed by atoms with Crippen molar-refractivity contribution >= 4 is 28.9 Å². The van der Waals surface area contributed by atoms with Gasteiger partial charge in [0.1, 0.15) is 0 Å². The van der Waals surface area contributed by atoms with Crippen molar-refractivity contribution in [1.29, 1.82) is 0 Å². The monoisotopic (exact) mass is 305 g/mol. The van der Waals surface area contributed by atoms with E-state index in [1.54, 1.807) is 35.0 Å². The Morgan fingerprint density at radius 1 is 1.33 bits per heavy atom. The molecule has 0 saturated heterocycles. The summed E-state index contributed by atoms with van der Waals surface area (Å²) in [6.07, 6.45) is 2.45. The van der Waals surface area contributed by atoms with Gasteiger partial charge in [-0.15, -0.1) is 0 Å². The minimum Gasteiger partial charge on any atom is -0.397 e. The summed E-state index contributed by atoms with van der Waals surface area (Å²) in [6, 6.07) is 7.86. The van der Waals surface area contributed by atoms with Gasteiger partial charge in [-0.25, -0.2) is 0 Å². The number of benzene rings is 1. The molecule has 0 unspecified atom stereocenters. The van der Waals surface area contributed by atoms with Crippen LogP contribution in [0, 0.1) is 0 Å². The second kappa shape index (κ2) is 6.45. The summed E-state index contributed by atoms with van der Waals surface area (Å²) in [7, 11) is 0. The Morgan fingerprint density at radius 2 is 2.10 bits per heavy atom. The van der Waals surface area contributed by atoms with Crippen LogP contribution in [-0.2, 0) is 6.54 Å². The molecule has 0 fully saturated rings. The van der Waals surface area contributed by atoms with Gasteiger partial charge in [-0.05, 0) is 24.6 Å². The highest BCUT2D eigenvalue weighted by atomic mass is 35.5. The number of para-hydroxylation sites is 1. The first-order valence-electron chi connectivity index (χ1n) is 6.58. The topological polar surface area (TPSA) is 77.1 Å². The number of anilines is 2. The Labute approximate surface area is 127 Å². The average molecular weight is 306 g/mol. The standard InChI is InChI=1S/C15H16ClN3O2/c1-2-8-19-9-10(6-7-13(19)20)18-15(21)11-4-3-5-12(16)14(11)17/h3-7,9H,2,8,17H2,1H3,(H,18,21). The smallest absolute Gasteiger partial charge is 0.257 e. The fourth-order valence-corrected chi connectivity index (χ4v) is 2.13. The van der Waals surface area contributed by atoms with Crippen LogP contribution in [0.1, 0.15) is 23.7 Å². The number of pyridine rings is 1. The van der Waals surface area contributed by atoms with E-state index in [-0.39, 0.29) is 17.2 Å². The Bertz CT molecular complexity index is 725. The fraction of sp³-hybridized carbons (Fsp3) is 0.200. The van der Waals surface area contributed by atoms with Crippen LogP contribution in [0.3, 0.4) is 0 Å². The molecule has 5 nitrogen and oxygen atoms in total. The second-order valence-electron chi connectivity index (χ2n) is 4.60. The number of rotatable bonds is 4. The first-order chi connectivity index (χ1) is 10.0. The summed E-state index contributed by atoms with van der Waals surface area (Å²) in [5, 5.41) is 3.05. The maximum atomic E-state index is 12.2. The van der Waals surface area contributed by atoms with Crippen molar-refractivity contribution in [2.75, 3.05) is 11.1 Å². The lowest BCUT2D eigenvalue weighted by Gasteiger charge is -2.10. The third-order valence-corrected chi connectivity index (χ3v) is 3.33. The summed E-state index contributed by atoms with van der Waals surface area (Å²) in [4.78, 5) is 23.8. The quantitative estimate of drug-likeness (QED) is 0.853. The number of hydrogen-bond acceptors (Lipinski definition) is 3. The van der Waals surface area contributed by atoms with E-state index in [4.69, 9.17) is 17.3 Å². The number of halogens is 1. The number of aromatic nitrogens is 1. The molecule has 2 aromatic rings. The van der Waals surface area contributed by atoms with E-state index in [0.717, 1.165) is 6.42 Å². The van der Waals surface area contributed by atoms with Crippen molar-refractivity contribution < 1.29 is 4.79 Å². The summed E-state index contributed by atoms with van der Waals surface area (Å²) in [6.45, 7) is 2.58. The molecule has 0 atom stereocenters. The van der Waals surface area contributed by atoms with Gasteiger partial charge in [0, 0.05) is 18.8 Å². The van der Waals surface area contributed by atoms with Crippen molar-refractivity contribution in [3.8, 4) is 0 Å². The Balaban J connectivity index is 2.25. The van der Waals surface area contributed by atoms with Crippen LogP contribution < -0.4 is 16.6 Å². The predicted octanol–water partition coefficient (Wildman–Crippen LogP) is 2.75. The number of nitrogens with one attached hydrogen (secondary N) is 1. The molecule has 0 saturated carbocycles. The number of nitrogen functional groups attached to an aromatic ring is 1. The molecule has 0 spiro atoms. The minimum absolute atomic E-state index is 0.0999. The molecule has 1 aromatic carbocycles. The van der Waals surface area contributed by atoms with Gasteiger partial charge in [0.15, 0.2) is 0 Å². The molecular formula is C15H16ClN3O2. The normalized spacial score (nSPS) is 10.4. The molecule has 1 aromatic heterocycles. The van der Waals surface area contributed by atoms with Crippen molar-refractivity contribution in [3.05, 3.63) is 57.5 Å².